The molecular formula is C17H22N2O4. The molecule has 0 aliphatic carbocycles. The number of nitrogens with zero attached hydrogens (tertiary/aromatic N) is 1. The van der Waals surface area contributed by atoms with Gasteiger partial charge in [-0.15, -0.1) is 0 Å². The second-order valence-electron chi connectivity index (χ2n) is 5.95. The summed E-state index contributed by atoms with van der Waals surface area (Å²) < 4.78 is 0. The van der Waals surface area contributed by atoms with Crippen LogP contribution >= 0.6 is 0 Å². The van der Waals surface area contributed by atoms with Crippen LogP contribution in [-0.2, 0) is 14.4 Å². The van der Waals surface area contributed by atoms with Crippen LogP contribution in [-0.4, -0.2) is 40.4 Å². The van der Waals surface area contributed by atoms with E-state index in [2.05, 4.69) is 5.32 Å². The van der Waals surface area contributed by atoms with Crippen molar-refractivity contribution in [2.24, 2.45) is 0 Å². The number of hydrogen-bond donors (Lipinski definition) is 2. The Balaban J connectivity index is 2.14. The van der Waals surface area contributed by atoms with Gasteiger partial charge in [-0.25, -0.2) is 4.79 Å². The van der Waals surface area contributed by atoms with Gasteiger partial charge in [-0.1, -0.05) is 29.8 Å². The number of rotatable bonds is 5. The first-order valence-electron chi connectivity index (χ1n) is 7.74. The van der Waals surface area contributed by atoms with Crippen LogP contribution in [0.5, 0.6) is 0 Å². The van der Waals surface area contributed by atoms with E-state index in [1.54, 1.807) is 0 Å². The molecule has 1 unspecified atom stereocenters. The van der Waals surface area contributed by atoms with Crippen molar-refractivity contribution < 1.29 is 19.5 Å². The van der Waals surface area contributed by atoms with Crippen LogP contribution in [0.1, 0.15) is 43.4 Å². The van der Waals surface area contributed by atoms with Crippen LogP contribution in [0.4, 0.5) is 0 Å². The molecule has 6 heteroatoms. The monoisotopic (exact) mass is 318 g/mol. The molecule has 6 nitrogen and oxygen atoms in total. The Kier molecular flexibility index (Phi) is 5.36. The molecule has 1 aromatic rings. The average molecular weight is 318 g/mol. The number of carboxylic acid groups (broad SMARTS) is 1. The largest absolute Gasteiger partial charge is 0.480 e. The molecule has 1 aliphatic rings. The minimum Gasteiger partial charge on any atom is -0.480 e. The van der Waals surface area contributed by atoms with Crippen molar-refractivity contribution in [2.45, 2.75) is 45.2 Å². The van der Waals surface area contributed by atoms with Gasteiger partial charge in [-0.3, -0.25) is 9.59 Å². The van der Waals surface area contributed by atoms with Gasteiger partial charge in [-0.05, 0) is 25.3 Å². The molecule has 1 aliphatic heterocycles. The Morgan fingerprint density at radius 2 is 1.96 bits per heavy atom. The first-order chi connectivity index (χ1) is 10.9. The smallest absolute Gasteiger partial charge is 0.326 e. The van der Waals surface area contributed by atoms with Crippen LogP contribution in [0.15, 0.2) is 24.3 Å². The number of aryl methyl sites for hydroxylation is 1. The maximum atomic E-state index is 12.5. The lowest BCUT2D eigenvalue weighted by Crippen LogP contribution is -2.42. The number of nitrogens with one attached hydrogen (secondary N) is 1. The molecule has 2 atom stereocenters. The maximum absolute atomic E-state index is 12.5. The highest BCUT2D eigenvalue weighted by atomic mass is 16.4. The second-order valence-corrected chi connectivity index (χ2v) is 5.95. The van der Waals surface area contributed by atoms with E-state index in [9.17, 15) is 19.5 Å². The second kappa shape index (κ2) is 7.26. The number of benzene rings is 1. The Labute approximate surface area is 135 Å². The van der Waals surface area contributed by atoms with E-state index in [0.717, 1.165) is 11.1 Å². The molecular weight excluding hydrogens is 296 g/mol. The fourth-order valence-electron chi connectivity index (χ4n) is 2.91. The van der Waals surface area contributed by atoms with E-state index in [1.807, 2.05) is 31.2 Å². The van der Waals surface area contributed by atoms with Gasteiger partial charge in [0, 0.05) is 13.5 Å². The molecule has 1 heterocycles. The molecule has 2 rings (SSSR count). The van der Waals surface area contributed by atoms with E-state index >= 15 is 0 Å². The summed E-state index contributed by atoms with van der Waals surface area (Å²) >= 11 is 0. The summed E-state index contributed by atoms with van der Waals surface area (Å²) in [6.07, 6.45) is 1.24. The molecule has 0 saturated carbocycles. The summed E-state index contributed by atoms with van der Waals surface area (Å²) in [5, 5.41) is 12.0. The Hall–Kier alpha value is -2.37. The molecule has 0 bridgehead atoms. The lowest BCUT2D eigenvalue weighted by molar-refractivity contribution is -0.148. The summed E-state index contributed by atoms with van der Waals surface area (Å²) in [4.78, 5) is 36.6. The first-order valence-corrected chi connectivity index (χ1v) is 7.74. The molecule has 1 saturated heterocycles. The number of amides is 2. The Bertz CT molecular complexity index is 597. The Morgan fingerprint density at radius 3 is 2.52 bits per heavy atom. The van der Waals surface area contributed by atoms with Gasteiger partial charge in [0.1, 0.15) is 6.04 Å². The third kappa shape index (κ3) is 4.31. The average Bonchev–Trinajstić information content (AvgIpc) is 2.96. The summed E-state index contributed by atoms with van der Waals surface area (Å²) in [7, 11) is 0. The quantitative estimate of drug-likeness (QED) is 0.864. The highest BCUT2D eigenvalue weighted by molar-refractivity contribution is 5.85. The predicted octanol–water partition coefficient (Wildman–Crippen LogP) is 1.64. The highest BCUT2D eigenvalue weighted by Crippen LogP contribution is 2.23. The molecule has 1 fully saturated rings. The van der Waals surface area contributed by atoms with Crippen molar-refractivity contribution in [1.29, 1.82) is 0 Å². The van der Waals surface area contributed by atoms with Crippen molar-refractivity contribution in [3.8, 4) is 0 Å². The van der Waals surface area contributed by atoms with Crippen LogP contribution in [0.2, 0.25) is 0 Å². The SMILES string of the molecule is CC(=O)NC(CC(=O)N1CCC[C@@H]1C(=O)O)c1ccc(C)cc1. The number of carbonyl (C=O) groups excluding carboxylic acids is 2. The van der Waals surface area contributed by atoms with E-state index in [0.29, 0.717) is 19.4 Å². The van der Waals surface area contributed by atoms with Crippen LogP contribution in [0.25, 0.3) is 0 Å². The minimum absolute atomic E-state index is 0.0619. The third-order valence-corrected chi connectivity index (χ3v) is 4.09. The van der Waals surface area contributed by atoms with Gasteiger partial charge in [0.15, 0.2) is 0 Å². The number of aliphatic carboxylic acids is 1. The number of carbonyl (C=O) groups is 3. The lowest BCUT2D eigenvalue weighted by Gasteiger charge is -2.25. The molecule has 124 valence electrons. The zero-order valence-corrected chi connectivity index (χ0v) is 13.4. The first kappa shape index (κ1) is 17.0. The van der Waals surface area contributed by atoms with Crippen LogP contribution < -0.4 is 5.32 Å². The molecule has 0 aromatic heterocycles. The van der Waals surface area contributed by atoms with Gasteiger partial charge >= 0.3 is 5.97 Å². The summed E-state index contributed by atoms with van der Waals surface area (Å²) in [5.74, 6) is -1.43. The third-order valence-electron chi connectivity index (χ3n) is 4.09. The van der Waals surface area contributed by atoms with Crippen molar-refractivity contribution >= 4 is 17.8 Å². The summed E-state index contributed by atoms with van der Waals surface area (Å²) in [6, 6.07) is 6.40. The fraction of sp³-hybridized carbons (Fsp3) is 0.471. The maximum Gasteiger partial charge on any atom is 0.326 e. The molecule has 2 N–H and O–H groups in total. The fourth-order valence-corrected chi connectivity index (χ4v) is 2.91. The summed E-state index contributed by atoms with van der Waals surface area (Å²) in [6.45, 7) is 3.82. The van der Waals surface area contributed by atoms with Gasteiger partial charge in [0.25, 0.3) is 0 Å². The standard InChI is InChI=1S/C17H22N2O4/c1-11-5-7-13(8-6-11)14(18-12(2)20)10-16(21)19-9-3-4-15(19)17(22)23/h5-8,14-15H,3-4,9-10H2,1-2H3,(H,18,20)(H,22,23)/t14?,15-/m1/s1. The van der Waals surface area contributed by atoms with Gasteiger partial charge in [0.05, 0.1) is 12.5 Å². The molecule has 1 aromatic carbocycles. The van der Waals surface area contributed by atoms with Crippen LogP contribution in [0.3, 0.4) is 0 Å². The lowest BCUT2D eigenvalue weighted by atomic mass is 10.0. The predicted molar refractivity (Wildman–Crippen MR) is 84.7 cm³/mol. The van der Waals surface area contributed by atoms with Crippen molar-refractivity contribution in [3.05, 3.63) is 35.4 Å². The van der Waals surface area contributed by atoms with E-state index in [-0.39, 0.29) is 18.2 Å². The zero-order chi connectivity index (χ0) is 17.0. The molecule has 23 heavy (non-hydrogen) atoms. The minimum atomic E-state index is -0.970. The zero-order valence-electron chi connectivity index (χ0n) is 13.4. The van der Waals surface area contributed by atoms with E-state index in [1.165, 1.54) is 11.8 Å². The van der Waals surface area contributed by atoms with Crippen molar-refractivity contribution in [3.63, 3.8) is 0 Å². The van der Waals surface area contributed by atoms with Gasteiger partial charge in [0.2, 0.25) is 11.8 Å². The molecule has 2 amide bonds. The van der Waals surface area contributed by atoms with Crippen LogP contribution in [0, 0.1) is 6.92 Å². The molecule has 0 radical (unpaired) electrons. The van der Waals surface area contributed by atoms with Crippen molar-refractivity contribution in [2.75, 3.05) is 6.54 Å². The number of hydrogen-bond acceptors (Lipinski definition) is 3. The van der Waals surface area contributed by atoms with Gasteiger partial charge < -0.3 is 15.3 Å². The van der Waals surface area contributed by atoms with E-state index in [4.69, 9.17) is 0 Å². The number of likely N-dealkylation sites (tertiary alicyclic amines) is 1. The van der Waals surface area contributed by atoms with Gasteiger partial charge in [-0.2, -0.15) is 0 Å². The topological polar surface area (TPSA) is 86.7 Å². The molecule has 0 spiro atoms. The summed E-state index contributed by atoms with van der Waals surface area (Å²) in [5.41, 5.74) is 1.93. The Morgan fingerprint density at radius 1 is 1.30 bits per heavy atom. The van der Waals surface area contributed by atoms with E-state index < -0.39 is 18.1 Å². The number of carboxylic acids is 1. The van der Waals surface area contributed by atoms with Crippen molar-refractivity contribution in [1.82, 2.24) is 10.2 Å². The normalized spacial score (nSPS) is 18.5. The highest BCUT2D eigenvalue weighted by Gasteiger charge is 2.34.